The lowest BCUT2D eigenvalue weighted by Gasteiger charge is -2.06. The van der Waals surface area contributed by atoms with E-state index in [1.165, 1.54) is 22.2 Å². The molecule has 8 heteroatoms. The number of hydrogen-bond acceptors (Lipinski definition) is 6. The molecule has 0 amide bonds. The van der Waals surface area contributed by atoms with Gasteiger partial charge in [-0.15, -0.1) is 11.3 Å². The van der Waals surface area contributed by atoms with Crippen molar-refractivity contribution in [1.29, 1.82) is 5.26 Å². The van der Waals surface area contributed by atoms with Crippen molar-refractivity contribution in [2.45, 2.75) is 6.54 Å². The summed E-state index contributed by atoms with van der Waals surface area (Å²) in [5.41, 5.74) is 1.18. The van der Waals surface area contributed by atoms with E-state index in [4.69, 9.17) is 0 Å². The highest BCUT2D eigenvalue weighted by atomic mass is 32.1. The van der Waals surface area contributed by atoms with E-state index < -0.39 is 0 Å². The molecule has 0 spiro atoms. The van der Waals surface area contributed by atoms with Crippen LogP contribution in [-0.4, -0.2) is 24.6 Å². The summed E-state index contributed by atoms with van der Waals surface area (Å²) in [6.07, 6.45) is 1.37. The third-order valence-electron chi connectivity index (χ3n) is 3.80. The minimum absolute atomic E-state index is 0.00600. The van der Waals surface area contributed by atoms with Crippen LogP contribution in [-0.2, 0) is 6.54 Å². The van der Waals surface area contributed by atoms with Crippen molar-refractivity contribution in [3.8, 4) is 6.07 Å². The van der Waals surface area contributed by atoms with E-state index in [1.807, 2.05) is 24.3 Å². The van der Waals surface area contributed by atoms with Gasteiger partial charge in [0.15, 0.2) is 5.82 Å². The van der Waals surface area contributed by atoms with E-state index in [2.05, 4.69) is 15.0 Å². The predicted octanol–water partition coefficient (Wildman–Crippen LogP) is 2.83. The summed E-state index contributed by atoms with van der Waals surface area (Å²) < 4.78 is 1.27. The molecule has 0 bridgehead atoms. The maximum absolute atomic E-state index is 12.4. The monoisotopic (exact) mass is 349 g/mol. The molecule has 0 fully saturated rings. The highest BCUT2D eigenvalue weighted by Crippen LogP contribution is 2.19. The Balaban J connectivity index is 1.77. The Morgan fingerprint density at radius 3 is 3.00 bits per heavy atom. The van der Waals surface area contributed by atoms with Gasteiger partial charge in [0.25, 0.3) is 5.56 Å². The zero-order valence-electron chi connectivity index (χ0n) is 12.8. The number of para-hydroxylation sites is 2. The molecule has 122 valence electrons. The molecule has 25 heavy (non-hydrogen) atoms. The van der Waals surface area contributed by atoms with Crippen molar-refractivity contribution in [3.05, 3.63) is 64.0 Å². The number of aliphatic hydroxyl groups excluding tert-OH is 1. The number of rotatable bonds is 3. The molecule has 0 unspecified atom stereocenters. The Kier molecular flexibility index (Phi) is 3.56. The first kappa shape index (κ1) is 15.1. The van der Waals surface area contributed by atoms with E-state index >= 15 is 0 Å². The number of aromatic amines is 1. The fourth-order valence-corrected chi connectivity index (χ4v) is 3.30. The topological polar surface area (TPSA) is 108 Å². The maximum atomic E-state index is 12.4. The number of thiophene rings is 1. The van der Waals surface area contributed by atoms with Gasteiger partial charge in [-0.05, 0) is 23.6 Å². The number of imidazole rings is 1. The van der Waals surface area contributed by atoms with Gasteiger partial charge in [0.1, 0.15) is 22.2 Å². The van der Waals surface area contributed by atoms with Gasteiger partial charge in [0, 0.05) is 0 Å². The van der Waals surface area contributed by atoms with E-state index in [1.54, 1.807) is 17.5 Å². The summed E-state index contributed by atoms with van der Waals surface area (Å²) in [5, 5.41) is 22.1. The van der Waals surface area contributed by atoms with Crippen LogP contribution in [0.15, 0.2) is 52.6 Å². The van der Waals surface area contributed by atoms with Crippen molar-refractivity contribution in [2.24, 2.45) is 0 Å². The molecule has 3 heterocycles. The number of fused-ring (bicyclic) bond motifs is 2. The average molecular weight is 349 g/mol. The molecule has 1 aromatic carbocycles. The number of benzene rings is 1. The van der Waals surface area contributed by atoms with Gasteiger partial charge in [-0.25, -0.2) is 9.97 Å². The molecule has 4 aromatic rings. The fraction of sp³-hybridized carbons (Fsp3) is 0.0588. The van der Waals surface area contributed by atoms with Crippen LogP contribution in [0.4, 0.5) is 0 Å². The van der Waals surface area contributed by atoms with E-state index in [9.17, 15) is 15.2 Å². The first-order chi connectivity index (χ1) is 12.2. The summed E-state index contributed by atoms with van der Waals surface area (Å²) in [7, 11) is 0. The Morgan fingerprint density at radius 1 is 1.36 bits per heavy atom. The Hall–Kier alpha value is -3.44. The Labute approximate surface area is 145 Å². The highest BCUT2D eigenvalue weighted by molar-refractivity contribution is 7.16. The van der Waals surface area contributed by atoms with Gasteiger partial charge >= 0.3 is 0 Å². The zero-order chi connectivity index (χ0) is 17.4. The van der Waals surface area contributed by atoms with Gasteiger partial charge in [-0.2, -0.15) is 5.26 Å². The second kappa shape index (κ2) is 5.89. The normalized spacial score (nSPS) is 12.3. The van der Waals surface area contributed by atoms with Crippen LogP contribution in [0.25, 0.3) is 26.8 Å². The molecule has 0 radical (unpaired) electrons. The van der Waals surface area contributed by atoms with E-state index in [-0.39, 0.29) is 29.3 Å². The van der Waals surface area contributed by atoms with Crippen molar-refractivity contribution in [2.75, 3.05) is 0 Å². The number of hydrogen-bond donors (Lipinski definition) is 2. The van der Waals surface area contributed by atoms with Crippen LogP contribution in [0.1, 0.15) is 5.82 Å². The number of allylic oxidation sites excluding steroid dienone is 2. The lowest BCUT2D eigenvalue weighted by atomic mass is 10.2. The Bertz CT molecular complexity index is 1190. The fourth-order valence-electron chi connectivity index (χ4n) is 2.57. The first-order valence-corrected chi connectivity index (χ1v) is 8.25. The van der Waals surface area contributed by atoms with Crippen LogP contribution in [0.5, 0.6) is 0 Å². The highest BCUT2D eigenvalue weighted by Gasteiger charge is 2.15. The van der Waals surface area contributed by atoms with Gasteiger partial charge in [0.05, 0.1) is 29.3 Å². The van der Waals surface area contributed by atoms with Crippen LogP contribution >= 0.6 is 11.3 Å². The number of aromatic nitrogens is 4. The summed E-state index contributed by atoms with van der Waals surface area (Å²) in [6, 6.07) is 11.0. The lowest BCUT2D eigenvalue weighted by molar-refractivity contribution is 0.376. The number of nitrogens with one attached hydrogen (secondary N) is 1. The molecule has 4 rings (SSSR count). The zero-order valence-corrected chi connectivity index (χ0v) is 13.6. The van der Waals surface area contributed by atoms with Crippen molar-refractivity contribution < 1.29 is 5.11 Å². The SMILES string of the molecule is N#C/C(=C(/O)Cn1cnc2sccc2c1=O)c1nc2ccccc2[nH]1. The molecule has 2 N–H and O–H groups in total. The van der Waals surface area contributed by atoms with Crippen molar-refractivity contribution >= 4 is 38.2 Å². The largest absolute Gasteiger partial charge is 0.509 e. The number of H-pyrrole nitrogens is 1. The second-order valence-electron chi connectivity index (χ2n) is 5.35. The molecule has 0 saturated carbocycles. The summed E-state index contributed by atoms with van der Waals surface area (Å²) in [6.45, 7) is -0.155. The minimum atomic E-state index is -0.264. The van der Waals surface area contributed by atoms with E-state index in [0.29, 0.717) is 15.7 Å². The molecule has 3 aromatic heterocycles. The minimum Gasteiger partial charge on any atom is -0.509 e. The van der Waals surface area contributed by atoms with Crippen molar-refractivity contribution in [1.82, 2.24) is 19.5 Å². The first-order valence-electron chi connectivity index (χ1n) is 7.37. The molecular formula is C17H11N5O2S. The smallest absolute Gasteiger partial charge is 0.262 e. The molecule has 0 aliphatic heterocycles. The second-order valence-corrected chi connectivity index (χ2v) is 6.25. The Morgan fingerprint density at radius 2 is 2.20 bits per heavy atom. The van der Waals surface area contributed by atoms with Gasteiger partial charge in [-0.3, -0.25) is 9.36 Å². The molecule has 0 aliphatic rings. The average Bonchev–Trinajstić information content (AvgIpc) is 3.24. The quantitative estimate of drug-likeness (QED) is 0.437. The number of nitriles is 1. The lowest BCUT2D eigenvalue weighted by Crippen LogP contribution is -2.21. The number of nitrogens with zero attached hydrogens (tertiary/aromatic N) is 4. The third kappa shape index (κ3) is 2.56. The summed E-state index contributed by atoms with van der Waals surface area (Å²) in [5.74, 6) is 0.0128. The molecule has 0 aliphatic carbocycles. The third-order valence-corrected chi connectivity index (χ3v) is 4.62. The standard InChI is InChI=1S/C17H11N5O2S/c18-7-11(15-20-12-3-1-2-4-13(12)21-15)14(23)8-22-9-19-16-10(17(22)24)5-6-25-16/h1-6,9,23H,8H2,(H,20,21)/b14-11-. The summed E-state index contributed by atoms with van der Waals surface area (Å²) in [4.78, 5) is 24.5. The van der Waals surface area contributed by atoms with Crippen LogP contribution in [0.2, 0.25) is 0 Å². The molecular weight excluding hydrogens is 338 g/mol. The molecule has 7 nitrogen and oxygen atoms in total. The molecule has 0 atom stereocenters. The number of aliphatic hydroxyl groups is 1. The predicted molar refractivity (Wildman–Crippen MR) is 95.1 cm³/mol. The maximum Gasteiger partial charge on any atom is 0.262 e. The van der Waals surface area contributed by atoms with Gasteiger partial charge in [0.2, 0.25) is 0 Å². The summed E-state index contributed by atoms with van der Waals surface area (Å²) >= 11 is 1.37. The van der Waals surface area contributed by atoms with E-state index in [0.717, 1.165) is 5.52 Å². The van der Waals surface area contributed by atoms with Gasteiger partial charge < -0.3 is 10.1 Å². The molecule has 0 saturated heterocycles. The van der Waals surface area contributed by atoms with Crippen LogP contribution in [0.3, 0.4) is 0 Å². The van der Waals surface area contributed by atoms with Crippen LogP contribution in [0, 0.1) is 11.3 Å². The van der Waals surface area contributed by atoms with Crippen LogP contribution < -0.4 is 5.56 Å². The van der Waals surface area contributed by atoms with Crippen molar-refractivity contribution in [3.63, 3.8) is 0 Å². The van der Waals surface area contributed by atoms with Gasteiger partial charge in [-0.1, -0.05) is 12.1 Å².